The highest BCUT2D eigenvalue weighted by Gasteiger charge is 2.42. The Balaban J connectivity index is 1.72. The molecule has 5 rings (SSSR count). The molecule has 0 N–H and O–H groups in total. The molecule has 0 aliphatic carbocycles. The zero-order valence-electron chi connectivity index (χ0n) is 16.5. The fourth-order valence-corrected chi connectivity index (χ4v) is 4.34. The quantitative estimate of drug-likeness (QED) is 0.426. The first-order valence-corrected chi connectivity index (χ1v) is 10.5. The lowest BCUT2D eigenvalue weighted by Gasteiger charge is -2.25. The van der Waals surface area contributed by atoms with Crippen molar-refractivity contribution in [2.75, 3.05) is 7.11 Å². The van der Waals surface area contributed by atoms with Gasteiger partial charge >= 0.3 is 0 Å². The number of halogens is 1. The van der Waals surface area contributed by atoms with Crippen LogP contribution in [0.25, 0.3) is 11.0 Å². The summed E-state index contributed by atoms with van der Waals surface area (Å²) in [6.07, 6.45) is 3.39. The first-order valence-electron chi connectivity index (χ1n) is 9.67. The summed E-state index contributed by atoms with van der Waals surface area (Å²) in [7, 11) is 1.59. The molecule has 1 aliphatic rings. The molecule has 1 aliphatic heterocycles. The van der Waals surface area contributed by atoms with Crippen LogP contribution in [-0.4, -0.2) is 22.9 Å². The minimum Gasteiger partial charge on any atom is -0.497 e. The molecule has 0 spiro atoms. The van der Waals surface area contributed by atoms with Crippen LogP contribution in [0.1, 0.15) is 33.3 Å². The number of fused-ring (bicyclic) bond motifs is 2. The number of aromatic nitrogens is 1. The third-order valence-corrected chi connectivity index (χ3v) is 5.93. The summed E-state index contributed by atoms with van der Waals surface area (Å²) in [5.41, 5.74) is 2.20. The number of rotatable bonds is 4. The number of nitrogens with zero attached hydrogens (tertiary/aromatic N) is 2. The summed E-state index contributed by atoms with van der Waals surface area (Å²) in [5.74, 6) is 0.465. The fourth-order valence-electron chi connectivity index (χ4n) is 3.98. The molecule has 2 aromatic carbocycles. The van der Waals surface area contributed by atoms with E-state index in [1.165, 1.54) is 0 Å². The summed E-state index contributed by atoms with van der Waals surface area (Å²) in [4.78, 5) is 32.7. The van der Waals surface area contributed by atoms with Gasteiger partial charge in [-0.1, -0.05) is 34.1 Å². The van der Waals surface area contributed by atoms with Crippen molar-refractivity contribution in [3.8, 4) is 5.75 Å². The maximum Gasteiger partial charge on any atom is 0.291 e. The predicted octanol–water partition coefficient (Wildman–Crippen LogP) is 4.70. The molecular formula is C24H17BrN2O4. The molecule has 7 heteroatoms. The van der Waals surface area contributed by atoms with Gasteiger partial charge in [0, 0.05) is 23.4 Å². The van der Waals surface area contributed by atoms with E-state index in [0.29, 0.717) is 28.8 Å². The lowest BCUT2D eigenvalue weighted by molar-refractivity contribution is 0.0714. The van der Waals surface area contributed by atoms with E-state index in [0.717, 1.165) is 15.6 Å². The summed E-state index contributed by atoms with van der Waals surface area (Å²) in [5, 5.41) is 0.433. The van der Waals surface area contributed by atoms with Crippen molar-refractivity contribution in [3.05, 3.63) is 104 Å². The third kappa shape index (κ3) is 3.31. The van der Waals surface area contributed by atoms with Crippen molar-refractivity contribution in [2.45, 2.75) is 12.6 Å². The Hall–Kier alpha value is -3.45. The van der Waals surface area contributed by atoms with Gasteiger partial charge in [-0.15, -0.1) is 0 Å². The van der Waals surface area contributed by atoms with Crippen molar-refractivity contribution in [1.82, 2.24) is 9.88 Å². The molecule has 0 radical (unpaired) electrons. The van der Waals surface area contributed by atoms with Gasteiger partial charge in [-0.2, -0.15) is 0 Å². The van der Waals surface area contributed by atoms with Crippen LogP contribution in [0.15, 0.2) is 80.7 Å². The topological polar surface area (TPSA) is 72.6 Å². The number of hydrogen-bond donors (Lipinski definition) is 0. The number of methoxy groups -OCH3 is 1. The third-order valence-electron chi connectivity index (χ3n) is 5.43. The van der Waals surface area contributed by atoms with E-state index in [1.54, 1.807) is 42.6 Å². The first kappa shape index (κ1) is 19.5. The zero-order valence-corrected chi connectivity index (χ0v) is 18.1. The normalized spacial score (nSPS) is 15.4. The number of hydrogen-bond acceptors (Lipinski definition) is 5. The van der Waals surface area contributed by atoms with Crippen molar-refractivity contribution in [2.24, 2.45) is 0 Å². The Morgan fingerprint density at radius 1 is 1.13 bits per heavy atom. The summed E-state index contributed by atoms with van der Waals surface area (Å²) in [6.45, 7) is 0.299. The molecule has 154 valence electrons. The van der Waals surface area contributed by atoms with E-state index >= 15 is 0 Å². The Bertz CT molecular complexity index is 1350. The number of ether oxygens (including phenoxy) is 1. The Morgan fingerprint density at radius 3 is 2.65 bits per heavy atom. The highest BCUT2D eigenvalue weighted by Crippen LogP contribution is 2.39. The average molecular weight is 477 g/mol. The standard InChI is InChI=1S/C24H17BrN2O4/c1-30-17-7-4-15(5-8-17)21-20-22(28)18-11-16(25)6-9-19(18)31-23(20)24(29)27(21)13-14-3-2-10-26-12-14/h2-12,21H,13H2,1H3. The molecule has 1 unspecified atom stereocenters. The van der Waals surface area contributed by atoms with E-state index in [2.05, 4.69) is 20.9 Å². The van der Waals surface area contributed by atoms with Crippen LogP contribution in [0.4, 0.5) is 0 Å². The second kappa shape index (κ2) is 7.67. The molecule has 6 nitrogen and oxygen atoms in total. The van der Waals surface area contributed by atoms with E-state index in [9.17, 15) is 9.59 Å². The fraction of sp³-hybridized carbons (Fsp3) is 0.125. The van der Waals surface area contributed by atoms with Crippen LogP contribution >= 0.6 is 15.9 Å². The number of pyridine rings is 1. The van der Waals surface area contributed by atoms with Gasteiger partial charge in [0.25, 0.3) is 5.91 Å². The van der Waals surface area contributed by atoms with Crippen LogP contribution < -0.4 is 10.2 Å². The number of carbonyl (C=O) groups is 1. The molecule has 1 amide bonds. The van der Waals surface area contributed by atoms with Crippen LogP contribution in [0.3, 0.4) is 0 Å². The second-order valence-corrected chi connectivity index (χ2v) is 8.20. The number of benzene rings is 2. The molecular weight excluding hydrogens is 460 g/mol. The van der Waals surface area contributed by atoms with Gasteiger partial charge in [0.05, 0.1) is 24.1 Å². The van der Waals surface area contributed by atoms with Crippen LogP contribution in [0.2, 0.25) is 0 Å². The number of amides is 1. The van der Waals surface area contributed by atoms with Crippen LogP contribution in [0, 0.1) is 0 Å². The van der Waals surface area contributed by atoms with Gasteiger partial charge in [-0.05, 0) is 47.5 Å². The molecule has 1 atom stereocenters. The van der Waals surface area contributed by atoms with Gasteiger partial charge in [0.2, 0.25) is 5.76 Å². The largest absolute Gasteiger partial charge is 0.497 e. The number of carbonyl (C=O) groups excluding carboxylic acids is 1. The van der Waals surface area contributed by atoms with E-state index in [-0.39, 0.29) is 17.1 Å². The maximum absolute atomic E-state index is 13.5. The summed E-state index contributed by atoms with van der Waals surface area (Å²) in [6, 6.07) is 15.7. The maximum atomic E-state index is 13.5. The minimum absolute atomic E-state index is 0.0875. The molecule has 0 saturated carbocycles. The van der Waals surface area contributed by atoms with Gasteiger partial charge in [0.1, 0.15) is 11.3 Å². The van der Waals surface area contributed by atoms with Crippen molar-refractivity contribution in [3.63, 3.8) is 0 Å². The smallest absolute Gasteiger partial charge is 0.291 e. The summed E-state index contributed by atoms with van der Waals surface area (Å²) >= 11 is 3.41. The second-order valence-electron chi connectivity index (χ2n) is 7.28. The van der Waals surface area contributed by atoms with E-state index in [1.807, 2.05) is 36.4 Å². The van der Waals surface area contributed by atoms with Gasteiger partial charge < -0.3 is 14.1 Å². The van der Waals surface area contributed by atoms with Gasteiger partial charge in [-0.25, -0.2) is 0 Å². The molecule has 3 heterocycles. The lowest BCUT2D eigenvalue weighted by atomic mass is 9.98. The first-order chi connectivity index (χ1) is 15.1. The lowest BCUT2D eigenvalue weighted by Crippen LogP contribution is -2.29. The molecule has 0 saturated heterocycles. The zero-order chi connectivity index (χ0) is 21.5. The monoisotopic (exact) mass is 476 g/mol. The molecule has 31 heavy (non-hydrogen) atoms. The SMILES string of the molecule is COc1ccc(C2c3c(oc4ccc(Br)cc4c3=O)C(=O)N2Cc2cccnc2)cc1. The van der Waals surface area contributed by atoms with E-state index in [4.69, 9.17) is 9.15 Å². The minimum atomic E-state index is -0.576. The molecule has 0 bridgehead atoms. The van der Waals surface area contributed by atoms with Gasteiger partial charge in [-0.3, -0.25) is 14.6 Å². The van der Waals surface area contributed by atoms with Gasteiger partial charge in [0.15, 0.2) is 5.43 Å². The highest BCUT2D eigenvalue weighted by atomic mass is 79.9. The van der Waals surface area contributed by atoms with Crippen molar-refractivity contribution < 1.29 is 13.9 Å². The van der Waals surface area contributed by atoms with Crippen LogP contribution in [-0.2, 0) is 6.54 Å². The van der Waals surface area contributed by atoms with Crippen LogP contribution in [0.5, 0.6) is 5.75 Å². The van der Waals surface area contributed by atoms with Crippen molar-refractivity contribution >= 4 is 32.8 Å². The Labute approximate surface area is 186 Å². The summed E-state index contributed by atoms with van der Waals surface area (Å²) < 4.78 is 12.0. The average Bonchev–Trinajstić information content (AvgIpc) is 3.07. The molecule has 0 fully saturated rings. The van der Waals surface area contributed by atoms with Crippen molar-refractivity contribution in [1.29, 1.82) is 0 Å². The Kier molecular flexibility index (Phi) is 4.82. The molecule has 2 aromatic heterocycles. The molecule has 4 aromatic rings. The Morgan fingerprint density at radius 2 is 1.94 bits per heavy atom. The van der Waals surface area contributed by atoms with E-state index < -0.39 is 6.04 Å². The highest BCUT2D eigenvalue weighted by molar-refractivity contribution is 9.10. The predicted molar refractivity (Wildman–Crippen MR) is 119 cm³/mol.